The largest absolute Gasteiger partial charge is 0.432 e. The number of hydrogen-bond acceptors (Lipinski definition) is 7. The van der Waals surface area contributed by atoms with Crippen LogP contribution in [0.5, 0.6) is 0 Å². The Balaban J connectivity index is 1.97. The second-order valence-electron chi connectivity index (χ2n) is 6.11. The third-order valence-corrected chi connectivity index (χ3v) is 4.11. The van der Waals surface area contributed by atoms with E-state index in [1.165, 1.54) is 18.4 Å². The number of benzene rings is 1. The van der Waals surface area contributed by atoms with Crippen LogP contribution < -0.4 is 11.1 Å². The predicted molar refractivity (Wildman–Crippen MR) is 120 cm³/mol. The molecule has 0 radical (unpaired) electrons. The first-order valence-electron chi connectivity index (χ1n) is 9.18. The Morgan fingerprint density at radius 2 is 2.03 bits per heavy atom. The molecule has 154 valence electrons. The highest BCUT2D eigenvalue weighted by Crippen LogP contribution is 2.13. The molecule has 0 spiro atoms. The topological polar surface area (TPSA) is 137 Å². The fraction of sp³-hybridized carbons (Fsp3) is 0.136. The number of anilines is 1. The molecule has 8 heteroatoms. The van der Waals surface area contributed by atoms with E-state index in [2.05, 4.69) is 15.3 Å². The molecule has 1 heterocycles. The summed E-state index contributed by atoms with van der Waals surface area (Å²) in [6, 6.07) is 9.16. The summed E-state index contributed by atoms with van der Waals surface area (Å²) in [7, 11) is 1.62. The normalized spacial score (nSPS) is 11.6. The molecule has 0 aliphatic carbocycles. The van der Waals surface area contributed by atoms with Crippen LogP contribution in [0, 0.1) is 10.8 Å². The number of aromatic nitrogens is 1. The van der Waals surface area contributed by atoms with Crippen LogP contribution in [-0.4, -0.2) is 35.9 Å². The van der Waals surface area contributed by atoms with Gasteiger partial charge in [0.05, 0.1) is 5.71 Å². The first-order valence-corrected chi connectivity index (χ1v) is 9.18. The molecule has 1 aromatic heterocycles. The number of aliphatic imine (C=N–C) groups is 1. The predicted octanol–water partition coefficient (Wildman–Crippen LogP) is 3.16. The zero-order valence-electron chi connectivity index (χ0n) is 16.6. The summed E-state index contributed by atoms with van der Waals surface area (Å²) >= 11 is 0. The number of rotatable bonds is 9. The van der Waals surface area contributed by atoms with E-state index < -0.39 is 0 Å². The fourth-order valence-electron chi connectivity index (χ4n) is 2.62. The van der Waals surface area contributed by atoms with Crippen LogP contribution >= 0.6 is 0 Å². The molecule has 0 fully saturated rings. The van der Waals surface area contributed by atoms with Gasteiger partial charge in [-0.05, 0) is 48.5 Å². The van der Waals surface area contributed by atoms with E-state index in [-0.39, 0.29) is 11.6 Å². The van der Waals surface area contributed by atoms with Crippen molar-refractivity contribution in [1.29, 1.82) is 10.8 Å². The standard InChI is InChI=1S/C22H24N6O2/c1-26-22(30-15-24)9-4-16-2-6-18(7-3-16)28-21(29)8-5-17-14-27-13-11-19(17)20(25)10-12-23/h2-3,5-8,10-15,24-25H,4,9,23H2,1H3,(H,28,29)/b8-5+,12-10-,24-15?,25-20?,26-22-. The Bertz CT molecular complexity index is 977. The molecule has 0 saturated carbocycles. The van der Waals surface area contributed by atoms with Crippen molar-refractivity contribution in [3.8, 4) is 0 Å². The summed E-state index contributed by atoms with van der Waals surface area (Å²) in [5.41, 5.74) is 8.58. The minimum atomic E-state index is -0.293. The number of carbonyl (C=O) groups is 1. The molecule has 0 bridgehead atoms. The van der Waals surface area contributed by atoms with Crippen molar-refractivity contribution in [2.24, 2.45) is 10.7 Å². The quantitative estimate of drug-likeness (QED) is 0.290. The van der Waals surface area contributed by atoms with Crippen molar-refractivity contribution < 1.29 is 9.53 Å². The summed E-state index contributed by atoms with van der Waals surface area (Å²) in [6.07, 6.45) is 11.1. The third-order valence-electron chi connectivity index (χ3n) is 4.11. The van der Waals surface area contributed by atoms with Gasteiger partial charge in [0.2, 0.25) is 5.91 Å². The Labute approximate surface area is 175 Å². The Morgan fingerprint density at radius 1 is 1.27 bits per heavy atom. The Hall–Kier alpha value is -4.07. The number of nitrogens with one attached hydrogen (secondary N) is 3. The summed E-state index contributed by atoms with van der Waals surface area (Å²) in [5.74, 6) is 0.204. The van der Waals surface area contributed by atoms with Gasteiger partial charge in [-0.3, -0.25) is 20.2 Å². The van der Waals surface area contributed by atoms with Gasteiger partial charge >= 0.3 is 0 Å². The van der Waals surface area contributed by atoms with Crippen molar-refractivity contribution in [3.63, 3.8) is 0 Å². The SMILES string of the molecule is C/N=C(/CCc1ccc(NC(=O)/C=C/c2cnccc2C(=N)/C=C\N)cc1)OC=N. The van der Waals surface area contributed by atoms with Gasteiger partial charge in [-0.2, -0.15) is 0 Å². The molecule has 2 rings (SSSR count). The van der Waals surface area contributed by atoms with Crippen molar-refractivity contribution in [1.82, 2.24) is 4.98 Å². The lowest BCUT2D eigenvalue weighted by atomic mass is 10.1. The second kappa shape index (κ2) is 11.7. The molecular formula is C22H24N6O2. The van der Waals surface area contributed by atoms with Gasteiger partial charge in [0.1, 0.15) is 0 Å². The molecule has 1 amide bonds. The monoisotopic (exact) mass is 404 g/mol. The van der Waals surface area contributed by atoms with Gasteiger partial charge < -0.3 is 21.2 Å². The summed E-state index contributed by atoms with van der Waals surface area (Å²) in [6.45, 7) is 0. The van der Waals surface area contributed by atoms with Crippen molar-refractivity contribution in [2.45, 2.75) is 12.8 Å². The highest BCUT2D eigenvalue weighted by Gasteiger charge is 2.05. The maximum absolute atomic E-state index is 12.2. The van der Waals surface area contributed by atoms with Gasteiger partial charge in [0, 0.05) is 48.8 Å². The molecule has 30 heavy (non-hydrogen) atoms. The molecule has 0 atom stereocenters. The van der Waals surface area contributed by atoms with Gasteiger partial charge in [0.25, 0.3) is 0 Å². The summed E-state index contributed by atoms with van der Waals surface area (Å²) in [5, 5.41) is 17.8. The van der Waals surface area contributed by atoms with Crippen LogP contribution in [-0.2, 0) is 16.0 Å². The van der Waals surface area contributed by atoms with Crippen molar-refractivity contribution in [3.05, 3.63) is 77.8 Å². The average molecular weight is 404 g/mol. The lowest BCUT2D eigenvalue weighted by Crippen LogP contribution is -2.08. The lowest BCUT2D eigenvalue weighted by molar-refractivity contribution is -0.111. The minimum absolute atomic E-state index is 0.234. The molecule has 2 aromatic rings. The molecule has 1 aromatic carbocycles. The van der Waals surface area contributed by atoms with E-state index in [0.29, 0.717) is 35.6 Å². The molecule has 0 aliphatic rings. The van der Waals surface area contributed by atoms with E-state index in [4.69, 9.17) is 21.3 Å². The highest BCUT2D eigenvalue weighted by molar-refractivity contribution is 6.09. The van der Waals surface area contributed by atoms with E-state index >= 15 is 0 Å². The van der Waals surface area contributed by atoms with Crippen molar-refractivity contribution >= 4 is 35.7 Å². The first-order chi connectivity index (χ1) is 14.6. The number of hydrogen-bond donors (Lipinski definition) is 4. The molecule has 0 aliphatic heterocycles. The van der Waals surface area contributed by atoms with Gasteiger partial charge in [0.15, 0.2) is 12.3 Å². The van der Waals surface area contributed by atoms with Crippen molar-refractivity contribution in [2.75, 3.05) is 12.4 Å². The van der Waals surface area contributed by atoms with Gasteiger partial charge in [-0.1, -0.05) is 12.1 Å². The fourth-order valence-corrected chi connectivity index (χ4v) is 2.62. The summed E-state index contributed by atoms with van der Waals surface area (Å²) in [4.78, 5) is 20.3. The maximum Gasteiger partial charge on any atom is 0.248 e. The van der Waals surface area contributed by atoms with E-state index in [9.17, 15) is 4.79 Å². The van der Waals surface area contributed by atoms with E-state index in [1.807, 2.05) is 24.3 Å². The number of aryl methyl sites for hydroxylation is 1. The number of ether oxygens (including phenoxy) is 1. The smallest absolute Gasteiger partial charge is 0.248 e. The summed E-state index contributed by atoms with van der Waals surface area (Å²) < 4.78 is 4.99. The zero-order valence-corrected chi connectivity index (χ0v) is 16.6. The van der Waals surface area contributed by atoms with Crippen LogP contribution in [0.2, 0.25) is 0 Å². The number of allylic oxidation sites excluding steroid dienone is 1. The molecule has 0 saturated heterocycles. The molecule has 8 nitrogen and oxygen atoms in total. The number of nitrogens with zero attached hydrogens (tertiary/aromatic N) is 2. The number of amides is 1. The first kappa shape index (κ1) is 22.2. The van der Waals surface area contributed by atoms with Crippen LogP contribution in [0.4, 0.5) is 5.69 Å². The lowest BCUT2D eigenvalue weighted by Gasteiger charge is -2.06. The minimum Gasteiger partial charge on any atom is -0.432 e. The van der Waals surface area contributed by atoms with Crippen LogP contribution in [0.1, 0.15) is 23.1 Å². The van der Waals surface area contributed by atoms with Crippen LogP contribution in [0.15, 0.2) is 66.1 Å². The Kier molecular flexibility index (Phi) is 8.67. The van der Waals surface area contributed by atoms with Gasteiger partial charge in [-0.15, -0.1) is 0 Å². The number of pyridine rings is 1. The molecule has 0 unspecified atom stereocenters. The van der Waals surface area contributed by atoms with Gasteiger partial charge in [-0.25, -0.2) is 0 Å². The second-order valence-corrected chi connectivity index (χ2v) is 6.11. The van der Waals surface area contributed by atoms with E-state index in [1.54, 1.807) is 31.6 Å². The maximum atomic E-state index is 12.2. The Morgan fingerprint density at radius 3 is 2.70 bits per heavy atom. The molecule has 5 N–H and O–H groups in total. The average Bonchev–Trinajstić information content (AvgIpc) is 2.76. The zero-order chi connectivity index (χ0) is 21.8. The third kappa shape index (κ3) is 6.83. The van der Waals surface area contributed by atoms with Crippen LogP contribution in [0.3, 0.4) is 0 Å². The molecular weight excluding hydrogens is 380 g/mol. The van der Waals surface area contributed by atoms with Crippen LogP contribution in [0.25, 0.3) is 6.08 Å². The number of carbonyl (C=O) groups excluding carboxylic acids is 1. The highest BCUT2D eigenvalue weighted by atomic mass is 16.5. The van der Waals surface area contributed by atoms with E-state index in [0.717, 1.165) is 12.0 Å². The number of nitrogens with two attached hydrogens (primary N) is 1.